The van der Waals surface area contributed by atoms with Gasteiger partial charge in [0.05, 0.1) is 62.0 Å². The van der Waals surface area contributed by atoms with E-state index in [4.69, 9.17) is 9.72 Å². The molecule has 196 valence electrons. The van der Waals surface area contributed by atoms with E-state index in [0.717, 1.165) is 16.6 Å². The Morgan fingerprint density at radius 2 is 1.83 bits per heavy atom. The fourth-order valence-corrected chi connectivity index (χ4v) is 6.41. The molecule has 0 unspecified atom stereocenters. The standard InChI is InChI=1S/C25H36N6O4S/c1-8-10-20-22-23(29(5)28-20)25(32)27-24(26-22)19-13-18(11-12-21(19)35-9-2)36(33,34)30-14-16(3)31(6,7)17(4)15-30/h11-13,16-17H,8-10,14-15H2,1-7H3/p+1/t16-,17+. The van der Waals surface area contributed by atoms with Gasteiger partial charge in [0, 0.05) is 7.05 Å². The molecule has 36 heavy (non-hydrogen) atoms. The molecule has 1 aliphatic rings. The van der Waals surface area contributed by atoms with Crippen molar-refractivity contribution in [1.82, 2.24) is 24.1 Å². The zero-order valence-corrected chi connectivity index (χ0v) is 23.0. The molecule has 0 saturated carbocycles. The molecule has 1 aliphatic heterocycles. The predicted octanol–water partition coefficient (Wildman–Crippen LogP) is 2.53. The van der Waals surface area contributed by atoms with Crippen molar-refractivity contribution in [2.24, 2.45) is 7.05 Å². The van der Waals surface area contributed by atoms with Gasteiger partial charge >= 0.3 is 0 Å². The topological polar surface area (TPSA) is 110 Å². The predicted molar refractivity (Wildman–Crippen MR) is 140 cm³/mol. The SMILES string of the molecule is CCCc1nn(C)c2c(=O)[nH]c(-c3cc(S(=O)(=O)N4C[C@@H](C)[N+](C)(C)[C@@H](C)C4)ccc3OCC)nc12. The van der Waals surface area contributed by atoms with Crippen molar-refractivity contribution in [3.63, 3.8) is 0 Å². The van der Waals surface area contributed by atoms with Gasteiger partial charge in [-0.15, -0.1) is 0 Å². The van der Waals surface area contributed by atoms with Crippen LogP contribution in [0.3, 0.4) is 0 Å². The number of fused-ring (bicyclic) bond motifs is 1. The molecule has 0 amide bonds. The molecule has 0 spiro atoms. The summed E-state index contributed by atoms with van der Waals surface area (Å²) in [6.07, 6.45) is 1.54. The van der Waals surface area contributed by atoms with Crippen LogP contribution < -0.4 is 10.3 Å². The molecule has 1 saturated heterocycles. The summed E-state index contributed by atoms with van der Waals surface area (Å²) in [7, 11) is 2.22. The number of piperazine rings is 1. The normalized spacial score (nSPS) is 20.6. The number of likely N-dealkylation sites (N-methyl/N-ethyl adjacent to an activating group) is 1. The Morgan fingerprint density at radius 3 is 2.44 bits per heavy atom. The Kier molecular flexibility index (Phi) is 7.02. The first-order valence-electron chi connectivity index (χ1n) is 12.5. The van der Waals surface area contributed by atoms with Gasteiger partial charge in [-0.05, 0) is 45.4 Å². The van der Waals surface area contributed by atoms with E-state index in [1.54, 1.807) is 34.2 Å². The van der Waals surface area contributed by atoms with Crippen LogP contribution in [0.4, 0.5) is 0 Å². The van der Waals surface area contributed by atoms with E-state index >= 15 is 0 Å². The van der Waals surface area contributed by atoms with E-state index in [9.17, 15) is 13.2 Å². The smallest absolute Gasteiger partial charge is 0.277 e. The molecule has 0 bridgehead atoms. The van der Waals surface area contributed by atoms with Crippen LogP contribution in [0.25, 0.3) is 22.4 Å². The minimum atomic E-state index is -3.77. The number of H-pyrrole nitrogens is 1. The van der Waals surface area contributed by atoms with Crippen LogP contribution in [-0.4, -0.2) is 82.8 Å². The molecule has 10 nitrogen and oxygen atoms in total. The van der Waals surface area contributed by atoms with Crippen LogP contribution in [0.2, 0.25) is 0 Å². The zero-order valence-electron chi connectivity index (χ0n) is 22.2. The van der Waals surface area contributed by atoms with E-state index in [0.29, 0.717) is 48.5 Å². The molecule has 11 heteroatoms. The first-order valence-corrected chi connectivity index (χ1v) is 13.9. The van der Waals surface area contributed by atoms with Crippen molar-refractivity contribution in [3.8, 4) is 17.1 Å². The number of benzene rings is 1. The highest BCUT2D eigenvalue weighted by Crippen LogP contribution is 2.33. The molecule has 1 aromatic carbocycles. The summed E-state index contributed by atoms with van der Waals surface area (Å²) >= 11 is 0. The molecular formula is C25H37N6O4S+. The van der Waals surface area contributed by atoms with Crippen LogP contribution in [0, 0.1) is 0 Å². The zero-order chi connectivity index (χ0) is 26.4. The number of hydrogen-bond acceptors (Lipinski definition) is 6. The Bertz CT molecular complexity index is 1430. The van der Waals surface area contributed by atoms with Gasteiger partial charge in [0.25, 0.3) is 5.56 Å². The maximum Gasteiger partial charge on any atom is 0.277 e. The molecule has 3 heterocycles. The molecule has 0 aliphatic carbocycles. The number of aromatic amines is 1. The first-order chi connectivity index (χ1) is 16.9. The lowest BCUT2D eigenvalue weighted by molar-refractivity contribution is -0.938. The summed E-state index contributed by atoms with van der Waals surface area (Å²) in [4.78, 5) is 20.7. The van der Waals surface area contributed by atoms with Gasteiger partial charge in [0.1, 0.15) is 17.1 Å². The fourth-order valence-electron chi connectivity index (χ4n) is 4.78. The van der Waals surface area contributed by atoms with Gasteiger partial charge in [-0.3, -0.25) is 9.48 Å². The van der Waals surface area contributed by atoms with Gasteiger partial charge in [-0.2, -0.15) is 9.40 Å². The number of aryl methyl sites for hydroxylation is 2. The van der Waals surface area contributed by atoms with Crippen LogP contribution in [-0.2, 0) is 23.5 Å². The van der Waals surface area contributed by atoms with Gasteiger partial charge in [-0.1, -0.05) is 13.3 Å². The lowest BCUT2D eigenvalue weighted by Gasteiger charge is -2.48. The Morgan fingerprint density at radius 1 is 1.17 bits per heavy atom. The number of quaternary nitrogens is 1. The summed E-state index contributed by atoms with van der Waals surface area (Å²) in [6.45, 7) is 9.29. The molecule has 1 fully saturated rings. The molecule has 3 aromatic rings. The van der Waals surface area contributed by atoms with Crippen molar-refractivity contribution < 1.29 is 17.6 Å². The summed E-state index contributed by atoms with van der Waals surface area (Å²) in [5.74, 6) is 0.717. The van der Waals surface area contributed by atoms with Crippen molar-refractivity contribution in [3.05, 3.63) is 34.2 Å². The third-order valence-corrected chi connectivity index (χ3v) is 9.43. The monoisotopic (exact) mass is 517 g/mol. The Hall–Kier alpha value is -2.76. The third kappa shape index (κ3) is 4.44. The summed E-state index contributed by atoms with van der Waals surface area (Å²) in [6, 6.07) is 5.06. The fraction of sp³-hybridized carbons (Fsp3) is 0.560. The van der Waals surface area contributed by atoms with Crippen LogP contribution in [0.1, 0.15) is 39.8 Å². The van der Waals surface area contributed by atoms with Crippen molar-refractivity contribution in [1.29, 1.82) is 0 Å². The number of aromatic nitrogens is 4. The highest BCUT2D eigenvalue weighted by molar-refractivity contribution is 7.89. The number of hydrogen-bond donors (Lipinski definition) is 1. The molecule has 2 aromatic heterocycles. The average molecular weight is 518 g/mol. The van der Waals surface area contributed by atoms with Gasteiger partial charge < -0.3 is 14.2 Å². The molecule has 4 rings (SSSR count). The maximum absolute atomic E-state index is 13.7. The highest BCUT2D eigenvalue weighted by atomic mass is 32.2. The van der Waals surface area contributed by atoms with Gasteiger partial charge in [-0.25, -0.2) is 13.4 Å². The summed E-state index contributed by atoms with van der Waals surface area (Å²) in [5, 5.41) is 4.48. The minimum Gasteiger partial charge on any atom is -0.493 e. The van der Waals surface area contributed by atoms with E-state index < -0.39 is 10.0 Å². The van der Waals surface area contributed by atoms with Gasteiger partial charge in [0.2, 0.25) is 10.0 Å². The second-order valence-electron chi connectivity index (χ2n) is 10.2. The first kappa shape index (κ1) is 26.3. The summed E-state index contributed by atoms with van der Waals surface area (Å²) < 4.78 is 37.1. The van der Waals surface area contributed by atoms with Crippen LogP contribution in [0.5, 0.6) is 5.75 Å². The van der Waals surface area contributed by atoms with Gasteiger partial charge in [0.15, 0.2) is 5.52 Å². The quantitative estimate of drug-likeness (QED) is 0.482. The van der Waals surface area contributed by atoms with E-state index in [1.165, 1.54) is 0 Å². The maximum atomic E-state index is 13.7. The molecule has 0 radical (unpaired) electrons. The van der Waals surface area contributed by atoms with Crippen molar-refractivity contribution in [2.45, 2.75) is 57.5 Å². The van der Waals surface area contributed by atoms with Crippen LogP contribution in [0.15, 0.2) is 27.9 Å². The van der Waals surface area contributed by atoms with E-state index in [1.807, 2.05) is 13.8 Å². The Labute approximate surface area is 212 Å². The number of nitrogens with zero attached hydrogens (tertiary/aromatic N) is 5. The highest BCUT2D eigenvalue weighted by Gasteiger charge is 2.42. The second kappa shape index (κ2) is 9.60. The minimum absolute atomic E-state index is 0.147. The third-order valence-electron chi connectivity index (χ3n) is 7.60. The second-order valence-corrected chi connectivity index (χ2v) is 12.1. The average Bonchev–Trinajstić information content (AvgIpc) is 3.13. The molecular weight excluding hydrogens is 480 g/mol. The largest absolute Gasteiger partial charge is 0.493 e. The van der Waals surface area contributed by atoms with Crippen molar-refractivity contribution >= 4 is 21.1 Å². The molecule has 1 N–H and O–H groups in total. The number of sulfonamides is 1. The lowest BCUT2D eigenvalue weighted by Crippen LogP contribution is -2.65. The Balaban J connectivity index is 1.84. The number of nitrogens with one attached hydrogen (secondary N) is 1. The molecule has 2 atom stereocenters. The number of rotatable bonds is 7. The van der Waals surface area contributed by atoms with E-state index in [2.05, 4.69) is 38.0 Å². The van der Waals surface area contributed by atoms with Crippen molar-refractivity contribution in [2.75, 3.05) is 33.8 Å². The number of ether oxygens (including phenoxy) is 1. The summed E-state index contributed by atoms with van der Waals surface area (Å²) in [5.41, 5.74) is 1.74. The lowest BCUT2D eigenvalue weighted by atomic mass is 10.1. The van der Waals surface area contributed by atoms with Crippen LogP contribution >= 0.6 is 0 Å². The van der Waals surface area contributed by atoms with E-state index in [-0.39, 0.29) is 28.4 Å².